The van der Waals surface area contributed by atoms with Gasteiger partial charge in [-0.3, -0.25) is 9.59 Å². The maximum Gasteiger partial charge on any atom is 0.264 e. The molecule has 2 amide bonds. The minimum absolute atomic E-state index is 0.0383. The van der Waals surface area contributed by atoms with Crippen molar-refractivity contribution < 1.29 is 24.2 Å². The minimum atomic E-state index is -0.427. The molecule has 1 fully saturated rings. The SMILES string of the molecule is CNC(=O)[C@]1(C)CC[C@@H](Nc2ncc3c(Br)nn(-c4cc(OCCO)c5c(c4)OCC(=O)N5C)c3n2)C1. The van der Waals surface area contributed by atoms with Crippen LogP contribution in [0.4, 0.5) is 11.6 Å². The summed E-state index contributed by atoms with van der Waals surface area (Å²) >= 11 is 3.49. The van der Waals surface area contributed by atoms with E-state index in [-0.39, 0.29) is 37.7 Å². The number of rotatable bonds is 7. The number of nitrogens with one attached hydrogen (secondary N) is 2. The molecule has 2 aromatic heterocycles. The fourth-order valence-electron chi connectivity index (χ4n) is 4.93. The maximum absolute atomic E-state index is 12.3. The molecule has 0 bridgehead atoms. The first-order valence-electron chi connectivity index (χ1n) is 12.0. The molecule has 1 saturated carbocycles. The first kappa shape index (κ1) is 25.2. The molecule has 37 heavy (non-hydrogen) atoms. The molecule has 5 rings (SSSR count). The van der Waals surface area contributed by atoms with E-state index in [1.165, 1.54) is 4.90 Å². The van der Waals surface area contributed by atoms with Gasteiger partial charge in [-0.15, -0.1) is 0 Å². The van der Waals surface area contributed by atoms with E-state index >= 15 is 0 Å². The fraction of sp³-hybridized carbons (Fsp3) is 0.458. The van der Waals surface area contributed by atoms with E-state index in [9.17, 15) is 14.7 Å². The summed E-state index contributed by atoms with van der Waals surface area (Å²) in [5, 5.41) is 20.7. The number of aromatic nitrogens is 4. The Bertz CT molecular complexity index is 1380. The van der Waals surface area contributed by atoms with Crippen molar-refractivity contribution in [3.8, 4) is 17.2 Å². The normalized spacial score (nSPS) is 21.1. The molecule has 196 valence electrons. The number of nitrogens with zero attached hydrogens (tertiary/aromatic N) is 5. The topological polar surface area (TPSA) is 144 Å². The van der Waals surface area contributed by atoms with E-state index in [1.807, 2.05) is 6.92 Å². The highest BCUT2D eigenvalue weighted by Crippen LogP contribution is 2.43. The Balaban J connectivity index is 1.51. The highest BCUT2D eigenvalue weighted by atomic mass is 79.9. The summed E-state index contributed by atoms with van der Waals surface area (Å²) in [7, 11) is 3.31. The van der Waals surface area contributed by atoms with Crippen LogP contribution in [0, 0.1) is 5.41 Å². The van der Waals surface area contributed by atoms with E-state index in [0.29, 0.717) is 50.9 Å². The lowest BCUT2D eigenvalue weighted by atomic mass is 9.87. The van der Waals surface area contributed by atoms with E-state index in [2.05, 4.69) is 36.6 Å². The third-order valence-electron chi connectivity index (χ3n) is 6.91. The average molecular weight is 574 g/mol. The van der Waals surface area contributed by atoms with Crippen LogP contribution < -0.4 is 25.0 Å². The van der Waals surface area contributed by atoms with Crippen molar-refractivity contribution in [2.45, 2.75) is 32.2 Å². The quantitative estimate of drug-likeness (QED) is 0.386. The van der Waals surface area contributed by atoms with Crippen molar-refractivity contribution >= 4 is 50.4 Å². The van der Waals surface area contributed by atoms with Gasteiger partial charge in [-0.1, -0.05) is 6.92 Å². The van der Waals surface area contributed by atoms with Crippen LogP contribution in [-0.2, 0) is 9.59 Å². The Hall–Kier alpha value is -3.45. The predicted molar refractivity (Wildman–Crippen MR) is 139 cm³/mol. The van der Waals surface area contributed by atoms with Gasteiger partial charge in [0.2, 0.25) is 11.9 Å². The van der Waals surface area contributed by atoms with E-state index in [1.54, 1.807) is 37.1 Å². The van der Waals surface area contributed by atoms with E-state index < -0.39 is 5.41 Å². The van der Waals surface area contributed by atoms with E-state index in [0.717, 1.165) is 12.8 Å². The molecule has 0 spiro atoms. The molecule has 2 aliphatic rings. The van der Waals surface area contributed by atoms with Gasteiger partial charge in [0.1, 0.15) is 28.4 Å². The number of aliphatic hydroxyl groups excluding tert-OH is 1. The first-order chi connectivity index (χ1) is 17.7. The molecule has 1 aliphatic carbocycles. The van der Waals surface area contributed by atoms with Gasteiger partial charge >= 0.3 is 0 Å². The van der Waals surface area contributed by atoms with Crippen LogP contribution in [0.2, 0.25) is 0 Å². The zero-order valence-electron chi connectivity index (χ0n) is 20.7. The highest BCUT2D eigenvalue weighted by molar-refractivity contribution is 9.10. The Labute approximate surface area is 221 Å². The summed E-state index contributed by atoms with van der Waals surface area (Å²) in [4.78, 5) is 35.2. The number of aliphatic hydroxyl groups is 1. The number of carbonyl (C=O) groups excluding carboxylic acids is 2. The number of carbonyl (C=O) groups is 2. The van der Waals surface area contributed by atoms with Crippen LogP contribution in [0.15, 0.2) is 22.9 Å². The minimum Gasteiger partial charge on any atom is -0.489 e. The number of ether oxygens (including phenoxy) is 2. The molecule has 0 saturated heterocycles. The summed E-state index contributed by atoms with van der Waals surface area (Å²) in [6.45, 7) is 1.75. The lowest BCUT2D eigenvalue weighted by Gasteiger charge is -2.28. The Morgan fingerprint density at radius 3 is 2.97 bits per heavy atom. The van der Waals surface area contributed by atoms with Crippen molar-refractivity contribution in [3.63, 3.8) is 0 Å². The average Bonchev–Trinajstić information content (AvgIpc) is 3.44. The molecule has 3 aromatic rings. The number of fused-ring (bicyclic) bond motifs is 2. The number of likely N-dealkylation sites (N-methyl/N-ethyl adjacent to an activating group) is 1. The number of hydrogen-bond acceptors (Lipinski definition) is 9. The van der Waals surface area contributed by atoms with Crippen molar-refractivity contribution in [2.24, 2.45) is 5.41 Å². The molecule has 2 atom stereocenters. The van der Waals surface area contributed by atoms with Gasteiger partial charge in [-0.05, 0) is 35.2 Å². The van der Waals surface area contributed by atoms with Crippen molar-refractivity contribution in [1.29, 1.82) is 0 Å². The third kappa shape index (κ3) is 4.57. The predicted octanol–water partition coefficient (Wildman–Crippen LogP) is 2.02. The molecule has 1 aliphatic heterocycles. The number of benzene rings is 1. The lowest BCUT2D eigenvalue weighted by molar-refractivity contribution is -0.129. The number of halogens is 1. The van der Waals surface area contributed by atoms with Crippen LogP contribution in [0.3, 0.4) is 0 Å². The molecule has 12 nitrogen and oxygen atoms in total. The van der Waals surface area contributed by atoms with Gasteiger partial charge in [-0.25, -0.2) is 9.67 Å². The molecular weight excluding hydrogens is 546 g/mol. The fourth-order valence-corrected chi connectivity index (χ4v) is 5.37. The highest BCUT2D eigenvalue weighted by Gasteiger charge is 2.41. The smallest absolute Gasteiger partial charge is 0.264 e. The number of anilines is 2. The van der Waals surface area contributed by atoms with Crippen LogP contribution in [-0.4, -0.2) is 76.6 Å². The van der Waals surface area contributed by atoms with Crippen molar-refractivity contribution in [2.75, 3.05) is 44.1 Å². The van der Waals surface area contributed by atoms with Gasteiger partial charge in [0.25, 0.3) is 5.91 Å². The molecule has 0 unspecified atom stereocenters. The zero-order valence-corrected chi connectivity index (χ0v) is 22.3. The second-order valence-electron chi connectivity index (χ2n) is 9.46. The largest absolute Gasteiger partial charge is 0.489 e. The van der Waals surface area contributed by atoms with Crippen molar-refractivity contribution in [1.82, 2.24) is 25.1 Å². The Morgan fingerprint density at radius 1 is 1.41 bits per heavy atom. The second kappa shape index (κ2) is 9.78. The zero-order chi connectivity index (χ0) is 26.3. The Morgan fingerprint density at radius 2 is 2.22 bits per heavy atom. The molecule has 3 N–H and O–H groups in total. The van der Waals surface area contributed by atoms with Gasteiger partial charge in [0, 0.05) is 43.9 Å². The van der Waals surface area contributed by atoms with Crippen LogP contribution in [0.5, 0.6) is 11.5 Å². The number of hydrogen-bond donors (Lipinski definition) is 3. The van der Waals surface area contributed by atoms with Crippen LogP contribution in [0.1, 0.15) is 26.2 Å². The summed E-state index contributed by atoms with van der Waals surface area (Å²) in [5.41, 5.74) is 1.21. The molecule has 1 aromatic carbocycles. The summed E-state index contributed by atoms with van der Waals surface area (Å²) in [6.07, 6.45) is 3.97. The first-order valence-corrected chi connectivity index (χ1v) is 12.7. The number of amides is 2. The van der Waals surface area contributed by atoms with Gasteiger partial charge < -0.3 is 30.1 Å². The third-order valence-corrected chi connectivity index (χ3v) is 7.49. The van der Waals surface area contributed by atoms with Gasteiger partial charge in [0.15, 0.2) is 12.3 Å². The lowest BCUT2D eigenvalue weighted by Crippen LogP contribution is -2.36. The van der Waals surface area contributed by atoms with Crippen LogP contribution >= 0.6 is 15.9 Å². The van der Waals surface area contributed by atoms with E-state index in [4.69, 9.17) is 14.5 Å². The molecule has 0 radical (unpaired) electrons. The van der Waals surface area contributed by atoms with Gasteiger partial charge in [-0.2, -0.15) is 10.1 Å². The molecule has 3 heterocycles. The molecule has 13 heteroatoms. The second-order valence-corrected chi connectivity index (χ2v) is 10.2. The van der Waals surface area contributed by atoms with Gasteiger partial charge in [0.05, 0.1) is 17.7 Å². The standard InChI is InChI=1S/C24H28BrN7O5/c1-24(22(35)26-2)5-4-13(10-24)28-23-27-11-15-20(25)30-32(21(15)29-23)14-8-16(36-7-6-33)19-17(9-14)37-12-18(34)31(19)3/h8-9,11,13,33H,4-7,10,12H2,1-3H3,(H,26,35)(H,27,28,29)/t13-,24-/m1/s1. The molecular formula is C24H28BrN7O5. The maximum atomic E-state index is 12.3. The monoisotopic (exact) mass is 573 g/mol. The Kier molecular flexibility index (Phi) is 6.67. The van der Waals surface area contributed by atoms with Crippen molar-refractivity contribution in [3.05, 3.63) is 22.9 Å². The summed E-state index contributed by atoms with van der Waals surface area (Å²) in [5.74, 6) is 1.10. The van der Waals surface area contributed by atoms with Crippen LogP contribution in [0.25, 0.3) is 16.7 Å². The summed E-state index contributed by atoms with van der Waals surface area (Å²) in [6, 6.07) is 3.56. The summed E-state index contributed by atoms with van der Waals surface area (Å²) < 4.78 is 13.7.